The molecular weight excluding hydrogens is 508 g/mol. The number of aryl methyl sites for hydroxylation is 1. The fourth-order valence-electron chi connectivity index (χ4n) is 7.54. The van der Waals surface area contributed by atoms with E-state index in [4.69, 9.17) is 9.47 Å². The smallest absolute Gasteiger partial charge is 0.246 e. The number of rotatable bonds is 8. The average Bonchev–Trinajstić information content (AvgIpc) is 3.58. The molecule has 3 saturated heterocycles. The largest absolute Gasteiger partial charge is 0.379 e. The number of nitrogens with zero attached hydrogens (tertiary/aromatic N) is 2. The van der Waals surface area contributed by atoms with Crippen LogP contribution in [0.25, 0.3) is 0 Å². The van der Waals surface area contributed by atoms with Gasteiger partial charge in [0.2, 0.25) is 17.7 Å². The molecule has 5 aliphatic rings. The van der Waals surface area contributed by atoms with Gasteiger partial charge >= 0.3 is 0 Å². The van der Waals surface area contributed by atoms with Crippen LogP contribution in [-0.4, -0.2) is 90.7 Å². The molecule has 40 heavy (non-hydrogen) atoms. The summed E-state index contributed by atoms with van der Waals surface area (Å²) < 4.78 is 12.0. The van der Waals surface area contributed by atoms with Gasteiger partial charge < -0.3 is 25.0 Å². The molecule has 1 aromatic carbocycles. The minimum Gasteiger partial charge on any atom is -0.379 e. The number of hydrogen-bond donors (Lipinski definition) is 2. The van der Waals surface area contributed by atoms with E-state index in [0.717, 1.165) is 64.1 Å². The van der Waals surface area contributed by atoms with Gasteiger partial charge in [-0.3, -0.25) is 19.3 Å². The predicted molar refractivity (Wildman–Crippen MR) is 150 cm³/mol. The Kier molecular flexibility index (Phi) is 7.72. The van der Waals surface area contributed by atoms with Crippen molar-refractivity contribution in [1.29, 1.82) is 0 Å². The number of carbonyl (C=O) groups excluding carboxylic acids is 3. The van der Waals surface area contributed by atoms with Gasteiger partial charge in [0.15, 0.2) is 0 Å². The van der Waals surface area contributed by atoms with Crippen LogP contribution < -0.4 is 10.6 Å². The summed E-state index contributed by atoms with van der Waals surface area (Å²) in [6, 6.07) is 6.92. The topological polar surface area (TPSA) is 100 Å². The van der Waals surface area contributed by atoms with Crippen LogP contribution in [0.15, 0.2) is 36.4 Å². The lowest BCUT2D eigenvalue weighted by Crippen LogP contribution is -2.57. The minimum absolute atomic E-state index is 0.0880. The standard InChI is InChI=1S/C31H42N4O5/c1-20-7-5-9-22(19-20)32-28(36)25-24-11-12-31(40-24)26(25)30(38)35(14-6-13-34-15-17-39-18-16-34)27(31)29(37)33-23-10-4-3-8-21(23)2/h5,7,9,11-12,19,21,23-27H,3-4,6,8,10,13-18H2,1-2H3,(H,32,36)(H,33,37)/t21-,23+,24-,25+,26-,27-,31-/m0/s1. The second-order valence-electron chi connectivity index (χ2n) is 12.3. The van der Waals surface area contributed by atoms with Crippen molar-refractivity contribution in [2.75, 3.05) is 44.7 Å². The molecule has 0 radical (unpaired) electrons. The third kappa shape index (κ3) is 4.97. The van der Waals surface area contributed by atoms with E-state index in [1.54, 1.807) is 4.90 Å². The second kappa shape index (κ2) is 11.3. The van der Waals surface area contributed by atoms with Gasteiger partial charge in [-0.15, -0.1) is 0 Å². The SMILES string of the molecule is Cc1cccc(NC(=O)[C@@H]2[C@@H]3C=C[C@]4(O3)[C@@H]2C(=O)N(CCCN2CCOCC2)[C@H]4C(=O)N[C@@H]2CCCC[C@@H]2C)c1. The highest BCUT2D eigenvalue weighted by atomic mass is 16.5. The molecule has 3 amide bonds. The zero-order chi connectivity index (χ0) is 27.9. The van der Waals surface area contributed by atoms with Crippen LogP contribution in [0.1, 0.15) is 44.6 Å². The molecule has 1 saturated carbocycles. The number of anilines is 1. The third-order valence-electron chi connectivity index (χ3n) is 9.63. The van der Waals surface area contributed by atoms with E-state index in [-0.39, 0.29) is 23.8 Å². The summed E-state index contributed by atoms with van der Waals surface area (Å²) >= 11 is 0. The van der Waals surface area contributed by atoms with Crippen molar-refractivity contribution in [2.24, 2.45) is 17.8 Å². The van der Waals surface area contributed by atoms with Gasteiger partial charge in [0.25, 0.3) is 0 Å². The molecule has 0 aromatic heterocycles. The van der Waals surface area contributed by atoms with E-state index in [2.05, 4.69) is 22.5 Å². The van der Waals surface area contributed by atoms with Crippen molar-refractivity contribution < 1.29 is 23.9 Å². The first-order chi connectivity index (χ1) is 19.4. The van der Waals surface area contributed by atoms with Crippen LogP contribution in [0, 0.1) is 24.7 Å². The van der Waals surface area contributed by atoms with Crippen LogP contribution in [0.4, 0.5) is 5.69 Å². The quantitative estimate of drug-likeness (QED) is 0.483. The summed E-state index contributed by atoms with van der Waals surface area (Å²) in [5.41, 5.74) is 0.603. The van der Waals surface area contributed by atoms with Crippen molar-refractivity contribution in [3.05, 3.63) is 42.0 Å². The molecular formula is C31H42N4O5. The summed E-state index contributed by atoms with van der Waals surface area (Å²) in [6.07, 6.45) is 8.30. The number of morpholine rings is 1. The van der Waals surface area contributed by atoms with Gasteiger partial charge in [0, 0.05) is 37.9 Å². The van der Waals surface area contributed by atoms with Gasteiger partial charge in [0.1, 0.15) is 11.6 Å². The van der Waals surface area contributed by atoms with Crippen molar-refractivity contribution in [3.63, 3.8) is 0 Å². The molecule has 0 unspecified atom stereocenters. The van der Waals surface area contributed by atoms with Crippen LogP contribution >= 0.6 is 0 Å². The fourth-order valence-corrected chi connectivity index (χ4v) is 7.54. The maximum absolute atomic E-state index is 14.2. The lowest BCUT2D eigenvalue weighted by atomic mass is 9.74. The first kappa shape index (κ1) is 27.4. The van der Waals surface area contributed by atoms with Gasteiger partial charge in [-0.05, 0) is 49.8 Å². The number of hydrogen-bond acceptors (Lipinski definition) is 6. The number of benzene rings is 1. The van der Waals surface area contributed by atoms with Crippen LogP contribution in [-0.2, 0) is 23.9 Å². The highest BCUT2D eigenvalue weighted by Crippen LogP contribution is 2.55. The molecule has 216 valence electrons. The van der Waals surface area contributed by atoms with Crippen LogP contribution in [0.5, 0.6) is 0 Å². The van der Waals surface area contributed by atoms with Gasteiger partial charge in [0.05, 0.1) is 31.2 Å². The van der Waals surface area contributed by atoms with Crippen molar-refractivity contribution in [3.8, 4) is 0 Å². The molecule has 1 aromatic rings. The van der Waals surface area contributed by atoms with Crippen LogP contribution in [0.2, 0.25) is 0 Å². The highest BCUT2D eigenvalue weighted by Gasteiger charge is 2.72. The second-order valence-corrected chi connectivity index (χ2v) is 12.3. The van der Waals surface area contributed by atoms with E-state index in [0.29, 0.717) is 18.2 Å². The number of nitrogens with one attached hydrogen (secondary N) is 2. The fraction of sp³-hybridized carbons (Fsp3) is 0.645. The third-order valence-corrected chi connectivity index (χ3v) is 9.63. The number of ether oxygens (including phenoxy) is 2. The summed E-state index contributed by atoms with van der Waals surface area (Å²) in [6.45, 7) is 8.62. The first-order valence-electron chi connectivity index (χ1n) is 15.0. The van der Waals surface area contributed by atoms with Gasteiger partial charge in [-0.1, -0.05) is 44.1 Å². The monoisotopic (exact) mass is 550 g/mol. The number of amides is 3. The average molecular weight is 551 g/mol. The Morgan fingerprint density at radius 1 is 1.10 bits per heavy atom. The first-order valence-corrected chi connectivity index (χ1v) is 15.0. The summed E-state index contributed by atoms with van der Waals surface area (Å²) in [5, 5.41) is 6.32. The predicted octanol–water partition coefficient (Wildman–Crippen LogP) is 2.50. The zero-order valence-electron chi connectivity index (χ0n) is 23.6. The Morgan fingerprint density at radius 2 is 1.90 bits per heavy atom. The zero-order valence-corrected chi connectivity index (χ0v) is 23.6. The summed E-state index contributed by atoms with van der Waals surface area (Å²) in [4.78, 5) is 45.9. The van der Waals surface area contributed by atoms with Gasteiger partial charge in [-0.2, -0.15) is 0 Å². The number of fused-ring (bicyclic) bond motifs is 1. The van der Waals surface area contributed by atoms with Crippen molar-refractivity contribution in [1.82, 2.24) is 15.1 Å². The van der Waals surface area contributed by atoms with Crippen LogP contribution in [0.3, 0.4) is 0 Å². The number of likely N-dealkylation sites (tertiary alicyclic amines) is 1. The molecule has 1 spiro atoms. The van der Waals surface area contributed by atoms with E-state index >= 15 is 0 Å². The summed E-state index contributed by atoms with van der Waals surface area (Å²) in [7, 11) is 0. The van der Waals surface area contributed by atoms with Crippen molar-refractivity contribution >= 4 is 23.4 Å². The molecule has 2 bridgehead atoms. The lowest BCUT2D eigenvalue weighted by Gasteiger charge is -2.36. The molecule has 4 heterocycles. The number of carbonyl (C=O) groups is 3. The van der Waals surface area contributed by atoms with E-state index in [1.165, 1.54) is 6.42 Å². The molecule has 9 heteroatoms. The van der Waals surface area contributed by atoms with Crippen molar-refractivity contribution in [2.45, 2.75) is 69.7 Å². The molecule has 6 rings (SSSR count). The van der Waals surface area contributed by atoms with Gasteiger partial charge in [-0.25, -0.2) is 0 Å². The highest BCUT2D eigenvalue weighted by molar-refractivity contribution is 6.02. The maximum atomic E-state index is 14.2. The molecule has 9 nitrogen and oxygen atoms in total. The maximum Gasteiger partial charge on any atom is 0.246 e. The molecule has 2 N–H and O–H groups in total. The molecule has 7 atom stereocenters. The molecule has 4 fully saturated rings. The molecule has 4 aliphatic heterocycles. The minimum atomic E-state index is -1.13. The Labute approximate surface area is 236 Å². The normalized spacial score (nSPS) is 35.1. The Bertz CT molecular complexity index is 1170. The van der Waals surface area contributed by atoms with E-state index in [9.17, 15) is 14.4 Å². The Balaban J connectivity index is 1.25. The summed E-state index contributed by atoms with van der Waals surface area (Å²) in [5.74, 6) is -1.58. The Hall–Kier alpha value is -2.75. The Morgan fingerprint density at radius 3 is 2.67 bits per heavy atom. The van der Waals surface area contributed by atoms with E-state index in [1.807, 2.05) is 43.3 Å². The van der Waals surface area contributed by atoms with E-state index < -0.39 is 29.6 Å². The lowest BCUT2D eigenvalue weighted by molar-refractivity contribution is -0.141. The molecule has 1 aliphatic carbocycles.